The number of fused-ring (bicyclic) bond motifs is 1. The predicted molar refractivity (Wildman–Crippen MR) is 65.4 cm³/mol. The van der Waals surface area contributed by atoms with Crippen LogP contribution in [0.15, 0.2) is 36.7 Å². The molecular formula is C14H15ArNO. The standard InChI is InChI=1S/C14H15NO.Ar/c1-2-3-14(16)9-11-4-5-13-10-15-7-6-12(13)8-11;/h4-8,10H,2-3,9H2,1H3;. The largest absolute Gasteiger partial charge is 0.299 e. The van der Waals surface area contributed by atoms with Gasteiger partial charge in [0.15, 0.2) is 0 Å². The average Bonchev–Trinajstić information content (AvgIpc) is 2.29. The van der Waals surface area contributed by atoms with Crippen molar-refractivity contribution in [1.29, 1.82) is 0 Å². The monoisotopic (exact) mass is 253 g/mol. The number of carbonyl (C=O) groups excluding carboxylic acids is 1. The summed E-state index contributed by atoms with van der Waals surface area (Å²) in [5, 5.41) is 2.27. The van der Waals surface area contributed by atoms with Crippen molar-refractivity contribution in [2.75, 3.05) is 0 Å². The Morgan fingerprint density at radius 3 is 2.82 bits per heavy atom. The molecule has 2 rings (SSSR count). The van der Waals surface area contributed by atoms with E-state index in [4.69, 9.17) is 0 Å². The van der Waals surface area contributed by atoms with E-state index in [-0.39, 0.29) is 37.7 Å². The zero-order chi connectivity index (χ0) is 11.4. The van der Waals surface area contributed by atoms with Crippen LogP contribution in [0.3, 0.4) is 0 Å². The fourth-order valence-electron chi connectivity index (χ4n) is 1.84. The number of rotatable bonds is 4. The second-order valence-electron chi connectivity index (χ2n) is 4.02. The molecule has 0 N–H and O–H groups in total. The van der Waals surface area contributed by atoms with E-state index in [9.17, 15) is 4.79 Å². The quantitative estimate of drug-likeness (QED) is 0.837. The summed E-state index contributed by atoms with van der Waals surface area (Å²) in [7, 11) is 0. The predicted octanol–water partition coefficient (Wildman–Crippen LogP) is 3.15. The van der Waals surface area contributed by atoms with Gasteiger partial charge in [0.05, 0.1) is 0 Å². The molecule has 0 amide bonds. The fraction of sp³-hybridized carbons (Fsp3) is 0.286. The molecule has 17 heavy (non-hydrogen) atoms. The second-order valence-corrected chi connectivity index (χ2v) is 4.02. The van der Waals surface area contributed by atoms with E-state index in [2.05, 4.69) is 11.1 Å². The van der Waals surface area contributed by atoms with Gasteiger partial charge in [-0.2, -0.15) is 0 Å². The van der Waals surface area contributed by atoms with Crippen molar-refractivity contribution >= 4 is 16.6 Å². The molecule has 2 aromatic rings. The first-order valence-electron chi connectivity index (χ1n) is 5.64. The number of ketones is 1. The van der Waals surface area contributed by atoms with Gasteiger partial charge in [0.1, 0.15) is 5.78 Å². The van der Waals surface area contributed by atoms with Crippen LogP contribution in [0, 0.1) is 37.7 Å². The van der Waals surface area contributed by atoms with Gasteiger partial charge in [0, 0.05) is 68.4 Å². The van der Waals surface area contributed by atoms with Gasteiger partial charge in [-0.05, 0) is 23.4 Å². The maximum atomic E-state index is 11.5. The van der Waals surface area contributed by atoms with E-state index >= 15 is 0 Å². The van der Waals surface area contributed by atoms with E-state index in [0.29, 0.717) is 18.6 Å². The van der Waals surface area contributed by atoms with Crippen molar-refractivity contribution in [3.05, 3.63) is 42.2 Å². The van der Waals surface area contributed by atoms with Gasteiger partial charge in [0.2, 0.25) is 0 Å². The molecule has 1 heterocycles. The Labute approximate surface area is 131 Å². The van der Waals surface area contributed by atoms with Crippen LogP contribution in [-0.2, 0) is 11.2 Å². The van der Waals surface area contributed by atoms with E-state index < -0.39 is 0 Å². The number of aromatic nitrogens is 1. The molecule has 1 aromatic carbocycles. The molecule has 0 radical (unpaired) electrons. The fourth-order valence-corrected chi connectivity index (χ4v) is 1.84. The van der Waals surface area contributed by atoms with Crippen LogP contribution in [0.2, 0.25) is 0 Å². The van der Waals surface area contributed by atoms with E-state index in [1.54, 1.807) is 6.20 Å². The first-order valence-corrected chi connectivity index (χ1v) is 5.64. The summed E-state index contributed by atoms with van der Waals surface area (Å²) >= 11 is 0. The molecule has 0 saturated heterocycles. The Balaban J connectivity index is 0.00000144. The Morgan fingerprint density at radius 2 is 2.06 bits per heavy atom. The number of hydrogen-bond donors (Lipinski definition) is 0. The smallest absolute Gasteiger partial charge is 0.137 e. The molecule has 1 aromatic heterocycles. The van der Waals surface area contributed by atoms with Crippen LogP contribution in [0.5, 0.6) is 0 Å². The third-order valence-corrected chi connectivity index (χ3v) is 2.64. The first kappa shape index (κ1) is 14.6. The van der Waals surface area contributed by atoms with Crippen molar-refractivity contribution in [3.63, 3.8) is 0 Å². The molecule has 0 aliphatic heterocycles. The van der Waals surface area contributed by atoms with Gasteiger partial charge in [0.25, 0.3) is 0 Å². The van der Waals surface area contributed by atoms with Gasteiger partial charge in [-0.15, -0.1) is 0 Å². The molecule has 2 nitrogen and oxygen atoms in total. The zero-order valence-corrected chi connectivity index (χ0v) is 10.5. The average molecular weight is 253 g/mol. The Hall–Kier alpha value is -0.440. The van der Waals surface area contributed by atoms with E-state index in [1.807, 2.05) is 31.3 Å². The third kappa shape index (κ3) is 4.06. The molecule has 0 atom stereocenters. The Bertz CT molecular complexity index is 510. The molecule has 0 saturated carbocycles. The summed E-state index contributed by atoms with van der Waals surface area (Å²) in [6, 6.07) is 8.09. The van der Waals surface area contributed by atoms with Crippen LogP contribution in [-0.4, -0.2) is 10.8 Å². The minimum Gasteiger partial charge on any atom is -0.299 e. The van der Waals surface area contributed by atoms with Crippen LogP contribution in [0.1, 0.15) is 25.3 Å². The zero-order valence-electron chi connectivity index (χ0n) is 9.79. The number of Topliss-reactive ketones (excluding diaryl/α,β-unsaturated/α-hetero) is 1. The number of carbonyl (C=O) groups is 1. The SMILES string of the molecule is CCCC(=O)Cc1ccc2cnccc2c1.[Ar]. The van der Waals surface area contributed by atoms with Crippen LogP contribution in [0.4, 0.5) is 0 Å². The normalized spacial score (nSPS) is 9.94. The molecule has 0 fully saturated rings. The minimum absolute atomic E-state index is 0. The molecule has 90 valence electrons. The molecular weight excluding hydrogens is 238 g/mol. The van der Waals surface area contributed by atoms with Crippen LogP contribution in [0.25, 0.3) is 10.8 Å². The summed E-state index contributed by atoms with van der Waals surface area (Å²) in [5.74, 6) is 0.316. The van der Waals surface area contributed by atoms with Crippen molar-refractivity contribution in [1.82, 2.24) is 4.98 Å². The van der Waals surface area contributed by atoms with Gasteiger partial charge in [-0.3, -0.25) is 9.78 Å². The summed E-state index contributed by atoms with van der Waals surface area (Å²) in [4.78, 5) is 15.6. The molecule has 0 aliphatic carbocycles. The van der Waals surface area contributed by atoms with E-state index in [0.717, 1.165) is 22.8 Å². The van der Waals surface area contributed by atoms with Crippen LogP contribution < -0.4 is 0 Å². The summed E-state index contributed by atoms with van der Waals surface area (Å²) in [6.45, 7) is 2.03. The van der Waals surface area contributed by atoms with Gasteiger partial charge < -0.3 is 0 Å². The Morgan fingerprint density at radius 1 is 1.24 bits per heavy atom. The molecule has 0 unspecified atom stereocenters. The summed E-state index contributed by atoms with van der Waals surface area (Å²) in [5.41, 5.74) is 1.09. The maximum Gasteiger partial charge on any atom is 0.137 e. The second kappa shape index (κ2) is 7.10. The molecule has 0 spiro atoms. The van der Waals surface area contributed by atoms with E-state index in [1.165, 1.54) is 0 Å². The van der Waals surface area contributed by atoms with Gasteiger partial charge in [-0.1, -0.05) is 25.1 Å². The third-order valence-electron chi connectivity index (χ3n) is 2.64. The Kier molecular flexibility index (Phi) is 6.10. The van der Waals surface area contributed by atoms with Crippen molar-refractivity contribution in [3.8, 4) is 0 Å². The van der Waals surface area contributed by atoms with Crippen molar-refractivity contribution < 1.29 is 42.5 Å². The minimum atomic E-state index is 0. The number of pyridine rings is 1. The number of hydrogen-bond acceptors (Lipinski definition) is 2. The first-order chi connectivity index (χ1) is 7.79. The van der Waals surface area contributed by atoms with Crippen molar-refractivity contribution in [2.24, 2.45) is 0 Å². The summed E-state index contributed by atoms with van der Waals surface area (Å²) < 4.78 is 0. The molecule has 0 aliphatic rings. The maximum absolute atomic E-state index is 11.5. The molecule has 0 bridgehead atoms. The summed E-state index contributed by atoms with van der Waals surface area (Å²) in [6.07, 6.45) is 5.77. The topological polar surface area (TPSA) is 30.0 Å². The van der Waals surface area contributed by atoms with Crippen LogP contribution >= 0.6 is 0 Å². The van der Waals surface area contributed by atoms with Crippen molar-refractivity contribution in [2.45, 2.75) is 26.2 Å². The number of nitrogens with zero attached hydrogens (tertiary/aromatic N) is 1. The van der Waals surface area contributed by atoms with Gasteiger partial charge >= 0.3 is 0 Å². The van der Waals surface area contributed by atoms with Gasteiger partial charge in [-0.25, -0.2) is 0 Å². The molecule has 3 heteroatoms. The number of benzene rings is 1.